The topological polar surface area (TPSA) is 61.5 Å². The van der Waals surface area contributed by atoms with Crippen molar-refractivity contribution >= 4 is 17.7 Å². The quantitative estimate of drug-likeness (QED) is 0.812. The van der Waals surface area contributed by atoms with Crippen molar-refractivity contribution < 1.29 is 18.7 Å². The average molecular weight is 276 g/mol. The first-order valence-corrected chi connectivity index (χ1v) is 5.99. The number of carbonyl (C=O) groups is 1. The van der Waals surface area contributed by atoms with Crippen LogP contribution >= 0.6 is 11.6 Å². The molecule has 0 heterocycles. The predicted octanol–water partition coefficient (Wildman–Crippen LogP) is 2.82. The highest BCUT2D eigenvalue weighted by molar-refractivity contribution is 6.17. The molecule has 18 heavy (non-hydrogen) atoms. The van der Waals surface area contributed by atoms with Gasteiger partial charge in [0, 0.05) is 12.0 Å². The van der Waals surface area contributed by atoms with Crippen molar-refractivity contribution in [3.63, 3.8) is 0 Å². The Balaban J connectivity index is 2.53. The van der Waals surface area contributed by atoms with Gasteiger partial charge in [0.05, 0.1) is 18.6 Å². The molecule has 0 spiro atoms. The molecule has 0 aromatic heterocycles. The number of halogens is 2. The molecule has 1 unspecified atom stereocenters. The summed E-state index contributed by atoms with van der Waals surface area (Å²) in [5.74, 6) is 0.332. The standard InChI is InChI=1S/C12H15ClFNO3/c1-8(4-5-17-12(15)16)18-11-3-2-10(14)6-9(11)7-13/h2-3,6,8H,4-5,7H2,1H3,(H2,15,16). The van der Waals surface area contributed by atoms with E-state index >= 15 is 0 Å². The van der Waals surface area contributed by atoms with Crippen molar-refractivity contribution in [1.29, 1.82) is 0 Å². The highest BCUT2D eigenvalue weighted by Crippen LogP contribution is 2.23. The van der Waals surface area contributed by atoms with E-state index in [-0.39, 0.29) is 24.4 Å². The van der Waals surface area contributed by atoms with Gasteiger partial charge in [-0.2, -0.15) is 0 Å². The average Bonchev–Trinajstić information content (AvgIpc) is 2.31. The first-order valence-electron chi connectivity index (χ1n) is 5.46. The van der Waals surface area contributed by atoms with Crippen molar-refractivity contribution in [2.24, 2.45) is 5.73 Å². The van der Waals surface area contributed by atoms with E-state index in [1.807, 2.05) is 6.92 Å². The number of hydrogen-bond donors (Lipinski definition) is 1. The second-order valence-electron chi connectivity index (χ2n) is 3.77. The van der Waals surface area contributed by atoms with Gasteiger partial charge in [-0.3, -0.25) is 0 Å². The van der Waals surface area contributed by atoms with E-state index in [4.69, 9.17) is 22.1 Å². The number of primary amides is 1. The minimum absolute atomic E-state index is 0.164. The van der Waals surface area contributed by atoms with Crippen LogP contribution in [0.1, 0.15) is 18.9 Å². The van der Waals surface area contributed by atoms with Crippen molar-refractivity contribution in [2.75, 3.05) is 6.61 Å². The Morgan fingerprint density at radius 1 is 1.56 bits per heavy atom. The molecule has 1 amide bonds. The molecule has 0 aliphatic carbocycles. The molecule has 1 aromatic carbocycles. The fourth-order valence-corrected chi connectivity index (χ4v) is 1.58. The number of rotatable bonds is 6. The van der Waals surface area contributed by atoms with Crippen LogP contribution in [0.4, 0.5) is 9.18 Å². The second kappa shape index (κ2) is 7.06. The molecule has 0 aliphatic rings. The van der Waals surface area contributed by atoms with Crippen LogP contribution in [0, 0.1) is 5.82 Å². The van der Waals surface area contributed by atoms with E-state index < -0.39 is 6.09 Å². The zero-order valence-corrected chi connectivity index (χ0v) is 10.7. The number of benzene rings is 1. The SMILES string of the molecule is CC(CCOC(N)=O)Oc1ccc(F)cc1CCl. The van der Waals surface area contributed by atoms with Crippen molar-refractivity contribution in [3.8, 4) is 5.75 Å². The lowest BCUT2D eigenvalue weighted by atomic mass is 10.2. The van der Waals surface area contributed by atoms with Gasteiger partial charge >= 0.3 is 6.09 Å². The second-order valence-corrected chi connectivity index (χ2v) is 4.04. The van der Waals surface area contributed by atoms with Crippen LogP contribution in [-0.4, -0.2) is 18.8 Å². The molecule has 0 bridgehead atoms. The summed E-state index contributed by atoms with van der Waals surface area (Å²) < 4.78 is 23.2. The molecule has 1 atom stereocenters. The lowest BCUT2D eigenvalue weighted by Gasteiger charge is -2.16. The van der Waals surface area contributed by atoms with Crippen LogP contribution < -0.4 is 10.5 Å². The summed E-state index contributed by atoms with van der Waals surface area (Å²) in [6.07, 6.45) is -0.524. The Morgan fingerprint density at radius 2 is 2.28 bits per heavy atom. The third-order valence-corrected chi connectivity index (χ3v) is 2.55. The molecular formula is C12H15ClFNO3. The van der Waals surface area contributed by atoms with Crippen molar-refractivity contribution in [1.82, 2.24) is 0 Å². The van der Waals surface area contributed by atoms with Crippen LogP contribution in [0.2, 0.25) is 0 Å². The van der Waals surface area contributed by atoms with Gasteiger partial charge < -0.3 is 15.2 Å². The Kier molecular flexibility index (Phi) is 5.71. The van der Waals surface area contributed by atoms with Gasteiger partial charge in [0.1, 0.15) is 11.6 Å². The van der Waals surface area contributed by atoms with E-state index in [2.05, 4.69) is 4.74 Å². The van der Waals surface area contributed by atoms with Crippen LogP contribution in [0.5, 0.6) is 5.75 Å². The Morgan fingerprint density at radius 3 is 2.89 bits per heavy atom. The molecule has 0 radical (unpaired) electrons. The van der Waals surface area contributed by atoms with Crippen molar-refractivity contribution in [3.05, 3.63) is 29.6 Å². The zero-order chi connectivity index (χ0) is 13.5. The van der Waals surface area contributed by atoms with Gasteiger partial charge in [-0.15, -0.1) is 11.6 Å². The zero-order valence-electron chi connectivity index (χ0n) is 9.99. The summed E-state index contributed by atoms with van der Waals surface area (Å²) >= 11 is 5.70. The molecule has 4 nitrogen and oxygen atoms in total. The highest BCUT2D eigenvalue weighted by Gasteiger charge is 2.09. The summed E-state index contributed by atoms with van der Waals surface area (Å²) in [5, 5.41) is 0. The maximum Gasteiger partial charge on any atom is 0.404 e. The number of amides is 1. The number of alkyl halides is 1. The molecule has 100 valence electrons. The van der Waals surface area contributed by atoms with E-state index in [1.54, 1.807) is 0 Å². The molecule has 0 saturated heterocycles. The fourth-order valence-electron chi connectivity index (χ4n) is 1.37. The number of carbonyl (C=O) groups excluding carboxylic acids is 1. The normalized spacial score (nSPS) is 11.9. The van der Waals surface area contributed by atoms with E-state index in [9.17, 15) is 9.18 Å². The van der Waals surface area contributed by atoms with Gasteiger partial charge in [-0.25, -0.2) is 9.18 Å². The molecule has 1 aromatic rings. The van der Waals surface area contributed by atoms with Gasteiger partial charge in [-0.1, -0.05) is 0 Å². The third-order valence-electron chi connectivity index (χ3n) is 2.26. The minimum Gasteiger partial charge on any atom is -0.490 e. The fraction of sp³-hybridized carbons (Fsp3) is 0.417. The molecule has 0 aliphatic heterocycles. The molecule has 2 N–H and O–H groups in total. The van der Waals surface area contributed by atoms with E-state index in [0.717, 1.165) is 0 Å². The van der Waals surface area contributed by atoms with Gasteiger partial charge in [0.25, 0.3) is 0 Å². The monoisotopic (exact) mass is 275 g/mol. The Bertz CT molecular complexity index is 414. The first kappa shape index (κ1) is 14.6. The summed E-state index contributed by atoms with van der Waals surface area (Å²) in [4.78, 5) is 10.4. The van der Waals surface area contributed by atoms with Gasteiger partial charge in [0.2, 0.25) is 0 Å². The number of ether oxygens (including phenoxy) is 2. The predicted molar refractivity (Wildman–Crippen MR) is 66.2 cm³/mol. The number of nitrogens with two attached hydrogens (primary N) is 1. The van der Waals surface area contributed by atoms with Gasteiger partial charge in [-0.05, 0) is 25.1 Å². The van der Waals surface area contributed by atoms with Crippen LogP contribution in [0.3, 0.4) is 0 Å². The smallest absolute Gasteiger partial charge is 0.404 e. The minimum atomic E-state index is -0.814. The molecule has 0 saturated carbocycles. The maximum atomic E-state index is 13.0. The van der Waals surface area contributed by atoms with Crippen molar-refractivity contribution in [2.45, 2.75) is 25.3 Å². The third kappa shape index (κ3) is 4.79. The van der Waals surface area contributed by atoms with Crippen LogP contribution in [0.25, 0.3) is 0 Å². The Hall–Kier alpha value is -1.49. The van der Waals surface area contributed by atoms with E-state index in [1.165, 1.54) is 18.2 Å². The molecule has 6 heteroatoms. The largest absolute Gasteiger partial charge is 0.490 e. The maximum absolute atomic E-state index is 13.0. The lowest BCUT2D eigenvalue weighted by molar-refractivity contribution is 0.128. The summed E-state index contributed by atoms with van der Waals surface area (Å²) in [7, 11) is 0. The van der Waals surface area contributed by atoms with Gasteiger partial charge in [0.15, 0.2) is 0 Å². The Labute approximate surface area is 110 Å². The van der Waals surface area contributed by atoms with E-state index in [0.29, 0.717) is 17.7 Å². The summed E-state index contributed by atoms with van der Waals surface area (Å²) in [6.45, 7) is 1.99. The number of hydrogen-bond acceptors (Lipinski definition) is 3. The van der Waals surface area contributed by atoms with Crippen LogP contribution in [0.15, 0.2) is 18.2 Å². The molecular weight excluding hydrogens is 261 g/mol. The van der Waals surface area contributed by atoms with Crippen LogP contribution in [-0.2, 0) is 10.6 Å². The molecule has 0 fully saturated rings. The summed E-state index contributed by atoms with van der Waals surface area (Å²) in [5.41, 5.74) is 5.42. The lowest BCUT2D eigenvalue weighted by Crippen LogP contribution is -2.19. The first-order chi connectivity index (χ1) is 8.52. The molecule has 1 rings (SSSR count). The summed E-state index contributed by atoms with van der Waals surface area (Å²) in [6, 6.07) is 4.16. The highest BCUT2D eigenvalue weighted by atomic mass is 35.5.